The van der Waals surface area contributed by atoms with Crippen LogP contribution in [-0.2, 0) is 21.7 Å². The molecule has 0 aliphatic carbocycles. The van der Waals surface area contributed by atoms with Crippen molar-refractivity contribution in [3.8, 4) is 11.8 Å². The normalized spacial score (nSPS) is 24.8. The maximum atomic E-state index is 12.8. The van der Waals surface area contributed by atoms with E-state index in [1.165, 1.54) is 0 Å². The Morgan fingerprint density at radius 2 is 1.81 bits per heavy atom. The summed E-state index contributed by atoms with van der Waals surface area (Å²) < 4.78 is 16.7. The fraction of sp³-hybridized carbons (Fsp3) is 0.417. The van der Waals surface area contributed by atoms with Crippen LogP contribution in [0.15, 0.2) is 54.6 Å². The SMILES string of the molecule is N#CCCOc1ccc(C2(O)CC3COCC(C2)N3C(=O)OCc2ccccc2)cc1. The molecule has 2 aromatic rings. The van der Waals surface area contributed by atoms with E-state index in [0.717, 1.165) is 11.1 Å². The van der Waals surface area contributed by atoms with E-state index in [1.54, 1.807) is 17.0 Å². The van der Waals surface area contributed by atoms with Gasteiger partial charge in [0.25, 0.3) is 0 Å². The Hall–Kier alpha value is -3.08. The van der Waals surface area contributed by atoms with Crippen molar-refractivity contribution in [1.82, 2.24) is 4.90 Å². The Morgan fingerprint density at radius 1 is 1.13 bits per heavy atom. The number of benzene rings is 2. The van der Waals surface area contributed by atoms with Crippen LogP contribution in [0, 0.1) is 11.3 Å². The number of carbonyl (C=O) groups is 1. The van der Waals surface area contributed by atoms with Gasteiger partial charge < -0.3 is 19.3 Å². The maximum absolute atomic E-state index is 12.8. The molecule has 7 nitrogen and oxygen atoms in total. The molecule has 0 saturated carbocycles. The molecule has 2 aliphatic heterocycles. The number of amides is 1. The number of piperidine rings is 1. The van der Waals surface area contributed by atoms with Crippen LogP contribution in [0.25, 0.3) is 0 Å². The van der Waals surface area contributed by atoms with Crippen molar-refractivity contribution >= 4 is 6.09 Å². The first-order chi connectivity index (χ1) is 15.1. The second-order valence-electron chi connectivity index (χ2n) is 8.01. The van der Waals surface area contributed by atoms with Crippen molar-refractivity contribution in [1.29, 1.82) is 5.26 Å². The van der Waals surface area contributed by atoms with Gasteiger partial charge in [0.05, 0.1) is 43.4 Å². The number of carbonyl (C=O) groups excluding carboxylic acids is 1. The fourth-order valence-corrected chi connectivity index (χ4v) is 4.38. The van der Waals surface area contributed by atoms with Crippen LogP contribution >= 0.6 is 0 Å². The molecule has 2 fully saturated rings. The van der Waals surface area contributed by atoms with Gasteiger partial charge in [0.2, 0.25) is 0 Å². The van der Waals surface area contributed by atoms with E-state index >= 15 is 0 Å². The summed E-state index contributed by atoms with van der Waals surface area (Å²) in [6.07, 6.45) is 0.702. The molecule has 4 rings (SSSR count). The summed E-state index contributed by atoms with van der Waals surface area (Å²) in [6, 6.07) is 18.4. The predicted octanol–water partition coefficient (Wildman–Crippen LogP) is 3.37. The molecule has 1 N–H and O–H groups in total. The minimum Gasteiger partial charge on any atom is -0.493 e. The number of hydrogen-bond acceptors (Lipinski definition) is 6. The fourth-order valence-electron chi connectivity index (χ4n) is 4.38. The Morgan fingerprint density at radius 3 is 2.45 bits per heavy atom. The average Bonchev–Trinajstić information content (AvgIpc) is 2.78. The third kappa shape index (κ3) is 4.82. The van der Waals surface area contributed by atoms with Crippen molar-refractivity contribution in [3.63, 3.8) is 0 Å². The second kappa shape index (κ2) is 9.38. The molecule has 2 saturated heterocycles. The first-order valence-electron chi connectivity index (χ1n) is 10.5. The van der Waals surface area contributed by atoms with Gasteiger partial charge in [0, 0.05) is 12.8 Å². The van der Waals surface area contributed by atoms with Gasteiger partial charge in [-0.3, -0.25) is 4.90 Å². The van der Waals surface area contributed by atoms with E-state index in [2.05, 4.69) is 0 Å². The molecule has 1 amide bonds. The Bertz CT molecular complexity index is 911. The molecule has 162 valence electrons. The number of ether oxygens (including phenoxy) is 3. The highest BCUT2D eigenvalue weighted by Gasteiger charge is 2.49. The average molecular weight is 422 g/mol. The highest BCUT2D eigenvalue weighted by atomic mass is 16.6. The van der Waals surface area contributed by atoms with Crippen LogP contribution in [0.5, 0.6) is 5.75 Å². The lowest BCUT2D eigenvalue weighted by Gasteiger charge is -2.51. The van der Waals surface area contributed by atoms with Crippen molar-refractivity contribution in [2.24, 2.45) is 0 Å². The third-order valence-electron chi connectivity index (χ3n) is 5.84. The van der Waals surface area contributed by atoms with Gasteiger partial charge in [0.15, 0.2) is 0 Å². The van der Waals surface area contributed by atoms with Crippen molar-refractivity contribution < 1.29 is 24.1 Å². The number of morpholine rings is 1. The minimum absolute atomic E-state index is 0.216. The molecule has 0 spiro atoms. The number of hydrogen-bond donors (Lipinski definition) is 1. The van der Waals surface area contributed by atoms with E-state index in [4.69, 9.17) is 19.5 Å². The Labute approximate surface area is 181 Å². The third-order valence-corrected chi connectivity index (χ3v) is 5.84. The summed E-state index contributed by atoms with van der Waals surface area (Å²) in [7, 11) is 0. The highest BCUT2D eigenvalue weighted by Crippen LogP contribution is 2.41. The van der Waals surface area contributed by atoms with Crippen LogP contribution in [0.1, 0.15) is 30.4 Å². The number of fused-ring (bicyclic) bond motifs is 2. The molecule has 2 unspecified atom stereocenters. The molecule has 2 atom stereocenters. The van der Waals surface area contributed by atoms with Gasteiger partial charge in [-0.1, -0.05) is 42.5 Å². The molecule has 0 aromatic heterocycles. The predicted molar refractivity (Wildman–Crippen MR) is 112 cm³/mol. The van der Waals surface area contributed by atoms with Gasteiger partial charge in [0.1, 0.15) is 19.0 Å². The minimum atomic E-state index is -1.06. The molecule has 2 aliphatic rings. The summed E-state index contributed by atoms with van der Waals surface area (Å²) >= 11 is 0. The van der Waals surface area contributed by atoms with Gasteiger partial charge in [-0.25, -0.2) is 4.79 Å². The maximum Gasteiger partial charge on any atom is 0.410 e. The first-order valence-corrected chi connectivity index (χ1v) is 10.5. The Balaban J connectivity index is 1.42. The molecule has 2 heterocycles. The number of aliphatic hydroxyl groups is 1. The van der Waals surface area contributed by atoms with Gasteiger partial charge >= 0.3 is 6.09 Å². The zero-order chi connectivity index (χ0) is 21.7. The van der Waals surface area contributed by atoms with E-state index in [0.29, 0.717) is 44.8 Å². The molecular formula is C24H26N2O5. The quantitative estimate of drug-likeness (QED) is 0.718. The topological polar surface area (TPSA) is 92.0 Å². The van der Waals surface area contributed by atoms with Gasteiger partial charge in [-0.15, -0.1) is 0 Å². The van der Waals surface area contributed by atoms with Crippen LogP contribution in [0.2, 0.25) is 0 Å². The lowest BCUT2D eigenvalue weighted by Crippen LogP contribution is -2.62. The van der Waals surface area contributed by atoms with Crippen molar-refractivity contribution in [2.45, 2.75) is 43.6 Å². The molecule has 7 heteroatoms. The van der Waals surface area contributed by atoms with Crippen LogP contribution < -0.4 is 4.74 Å². The molecular weight excluding hydrogens is 396 g/mol. The van der Waals surface area contributed by atoms with E-state index < -0.39 is 5.60 Å². The first kappa shape index (κ1) is 21.2. The zero-order valence-corrected chi connectivity index (χ0v) is 17.3. The summed E-state index contributed by atoms with van der Waals surface area (Å²) in [5.41, 5.74) is 0.665. The number of nitrogens with zero attached hydrogens (tertiary/aromatic N) is 2. The van der Waals surface area contributed by atoms with Gasteiger partial charge in [-0.2, -0.15) is 5.26 Å². The summed E-state index contributed by atoms with van der Waals surface area (Å²) in [4.78, 5) is 14.6. The van der Waals surface area contributed by atoms with Crippen molar-refractivity contribution in [3.05, 3.63) is 65.7 Å². The molecule has 2 bridgehead atoms. The van der Waals surface area contributed by atoms with E-state index in [9.17, 15) is 9.90 Å². The Kier molecular flexibility index (Phi) is 6.40. The molecule has 31 heavy (non-hydrogen) atoms. The second-order valence-corrected chi connectivity index (χ2v) is 8.01. The standard InChI is InChI=1S/C24H26N2O5/c25-11-4-12-30-22-9-7-19(8-10-22)24(28)13-20-16-29-17-21(14-24)26(20)23(27)31-15-18-5-2-1-3-6-18/h1-3,5-10,20-21,28H,4,12-17H2. The van der Waals surface area contributed by atoms with E-state index in [-0.39, 0.29) is 24.8 Å². The van der Waals surface area contributed by atoms with E-state index in [1.807, 2.05) is 48.5 Å². The lowest BCUT2D eigenvalue weighted by atomic mass is 9.77. The number of rotatable bonds is 6. The number of nitriles is 1. The van der Waals surface area contributed by atoms with Crippen LogP contribution in [0.3, 0.4) is 0 Å². The van der Waals surface area contributed by atoms with Crippen LogP contribution in [0.4, 0.5) is 4.79 Å². The largest absolute Gasteiger partial charge is 0.493 e. The highest BCUT2D eigenvalue weighted by molar-refractivity contribution is 5.69. The zero-order valence-electron chi connectivity index (χ0n) is 17.3. The van der Waals surface area contributed by atoms with Crippen molar-refractivity contribution in [2.75, 3.05) is 19.8 Å². The summed E-state index contributed by atoms with van der Waals surface area (Å²) in [5.74, 6) is 0.660. The summed E-state index contributed by atoms with van der Waals surface area (Å²) in [5, 5.41) is 20.1. The lowest BCUT2D eigenvalue weighted by molar-refractivity contribution is -0.136. The smallest absolute Gasteiger partial charge is 0.410 e. The summed E-state index contributed by atoms with van der Waals surface area (Å²) in [6.45, 7) is 1.29. The monoisotopic (exact) mass is 422 g/mol. The van der Waals surface area contributed by atoms with Gasteiger partial charge in [-0.05, 0) is 23.3 Å². The molecule has 2 aromatic carbocycles. The molecule has 0 radical (unpaired) electrons. The van der Waals surface area contributed by atoms with Crippen LogP contribution in [-0.4, -0.2) is 48.0 Å².